The molecule has 1 N–H and O–H groups in total. The summed E-state index contributed by atoms with van der Waals surface area (Å²) in [6, 6.07) is 8.01. The van der Waals surface area contributed by atoms with Gasteiger partial charge in [0, 0.05) is 49.7 Å². The van der Waals surface area contributed by atoms with E-state index in [1.807, 2.05) is 36.0 Å². The minimum absolute atomic E-state index is 0.0426. The molecule has 0 saturated carbocycles. The van der Waals surface area contributed by atoms with Crippen LogP contribution in [0.3, 0.4) is 0 Å². The van der Waals surface area contributed by atoms with E-state index in [4.69, 9.17) is 4.98 Å². The maximum atomic E-state index is 13.5. The molecular weight excluding hydrogens is 402 g/mol. The quantitative estimate of drug-likeness (QED) is 0.543. The summed E-state index contributed by atoms with van der Waals surface area (Å²) < 4.78 is 1.96. The SMILES string of the molecule is CN1CCc2ccc(Nc3cncc4c3C(=O)N(c3ccnc5c3ccn5C)C4)nc2C1. The molecule has 0 bridgehead atoms. The molecule has 160 valence electrons. The van der Waals surface area contributed by atoms with E-state index >= 15 is 0 Å². The topological polar surface area (TPSA) is 79.2 Å². The number of pyridine rings is 3. The van der Waals surface area contributed by atoms with Crippen molar-refractivity contribution in [3.63, 3.8) is 0 Å². The van der Waals surface area contributed by atoms with Gasteiger partial charge < -0.3 is 19.7 Å². The van der Waals surface area contributed by atoms with Crippen molar-refractivity contribution >= 4 is 34.1 Å². The highest BCUT2D eigenvalue weighted by Gasteiger charge is 2.33. The molecule has 0 unspecified atom stereocenters. The third kappa shape index (κ3) is 2.95. The third-order valence-electron chi connectivity index (χ3n) is 6.36. The summed E-state index contributed by atoms with van der Waals surface area (Å²) in [6.45, 7) is 2.36. The fourth-order valence-corrected chi connectivity index (χ4v) is 4.68. The molecule has 32 heavy (non-hydrogen) atoms. The summed E-state index contributed by atoms with van der Waals surface area (Å²) in [7, 11) is 4.06. The van der Waals surface area contributed by atoms with Crippen molar-refractivity contribution < 1.29 is 4.79 Å². The molecule has 8 heteroatoms. The van der Waals surface area contributed by atoms with E-state index in [1.54, 1.807) is 23.5 Å². The number of aryl methyl sites for hydroxylation is 1. The van der Waals surface area contributed by atoms with Crippen LogP contribution in [0.25, 0.3) is 11.0 Å². The molecule has 0 aliphatic carbocycles. The Hall–Kier alpha value is -3.78. The van der Waals surface area contributed by atoms with Gasteiger partial charge in [0.2, 0.25) is 0 Å². The number of carbonyl (C=O) groups is 1. The van der Waals surface area contributed by atoms with Gasteiger partial charge >= 0.3 is 0 Å². The van der Waals surface area contributed by atoms with Crippen molar-refractivity contribution in [3.8, 4) is 0 Å². The van der Waals surface area contributed by atoms with E-state index in [0.29, 0.717) is 17.8 Å². The first-order valence-electron chi connectivity index (χ1n) is 10.7. The van der Waals surface area contributed by atoms with E-state index in [0.717, 1.165) is 53.3 Å². The van der Waals surface area contributed by atoms with Crippen LogP contribution in [-0.2, 0) is 26.6 Å². The van der Waals surface area contributed by atoms with Crippen molar-refractivity contribution in [1.82, 2.24) is 24.4 Å². The Morgan fingerprint density at radius 3 is 2.84 bits per heavy atom. The first kappa shape index (κ1) is 18.9. The summed E-state index contributed by atoms with van der Waals surface area (Å²) in [5.74, 6) is 0.689. The van der Waals surface area contributed by atoms with E-state index in [-0.39, 0.29) is 5.91 Å². The largest absolute Gasteiger partial charge is 0.338 e. The molecule has 0 spiro atoms. The number of aromatic nitrogens is 4. The van der Waals surface area contributed by atoms with Crippen LogP contribution in [0.5, 0.6) is 0 Å². The molecular formula is C24H23N7O. The summed E-state index contributed by atoms with van der Waals surface area (Å²) in [4.78, 5) is 31.3. The molecule has 2 aliphatic heterocycles. The Balaban J connectivity index is 1.35. The Kier molecular flexibility index (Phi) is 4.22. The highest BCUT2D eigenvalue weighted by Crippen LogP contribution is 2.36. The van der Waals surface area contributed by atoms with Gasteiger partial charge in [-0.2, -0.15) is 0 Å². The molecule has 8 nitrogen and oxygen atoms in total. The second-order valence-corrected chi connectivity index (χ2v) is 8.52. The number of nitrogens with one attached hydrogen (secondary N) is 1. The normalized spacial score (nSPS) is 15.8. The number of amides is 1. The number of fused-ring (bicyclic) bond motifs is 3. The maximum absolute atomic E-state index is 13.5. The average molecular weight is 425 g/mol. The Morgan fingerprint density at radius 2 is 1.94 bits per heavy atom. The summed E-state index contributed by atoms with van der Waals surface area (Å²) in [5.41, 5.74) is 6.32. The van der Waals surface area contributed by atoms with Crippen LogP contribution in [0.4, 0.5) is 17.2 Å². The summed E-state index contributed by atoms with van der Waals surface area (Å²) in [6.07, 6.45) is 8.20. The number of anilines is 3. The van der Waals surface area contributed by atoms with E-state index in [2.05, 4.69) is 33.3 Å². The van der Waals surface area contributed by atoms with E-state index in [1.165, 1.54) is 5.56 Å². The number of nitrogens with zero attached hydrogens (tertiary/aromatic N) is 6. The number of rotatable bonds is 3. The van der Waals surface area contributed by atoms with E-state index < -0.39 is 0 Å². The molecule has 0 radical (unpaired) electrons. The zero-order chi connectivity index (χ0) is 21.8. The van der Waals surface area contributed by atoms with Gasteiger partial charge in [0.25, 0.3) is 5.91 Å². The average Bonchev–Trinajstić information content (AvgIpc) is 3.34. The minimum Gasteiger partial charge on any atom is -0.338 e. The standard InChI is InChI=1S/C24H23N7O/c1-29-9-6-15-3-4-21(28-19(15)14-29)27-18-12-25-11-16-13-31(24(32)22(16)18)20-5-8-26-23-17(20)7-10-30(23)2/h3-5,7-8,10-12H,6,9,13-14H2,1-2H3,(H,27,28). The molecule has 2 aliphatic rings. The zero-order valence-electron chi connectivity index (χ0n) is 18.0. The number of hydrogen-bond donors (Lipinski definition) is 1. The van der Waals surface area contributed by atoms with Gasteiger partial charge in [-0.15, -0.1) is 0 Å². The third-order valence-corrected chi connectivity index (χ3v) is 6.36. The lowest BCUT2D eigenvalue weighted by atomic mass is 10.1. The van der Waals surface area contributed by atoms with Gasteiger partial charge in [0.05, 0.1) is 35.4 Å². The van der Waals surface area contributed by atoms with Crippen LogP contribution in [-0.4, -0.2) is 43.9 Å². The van der Waals surface area contributed by atoms with Crippen molar-refractivity contribution in [2.45, 2.75) is 19.5 Å². The highest BCUT2D eigenvalue weighted by atomic mass is 16.2. The van der Waals surface area contributed by atoms with Crippen molar-refractivity contribution in [2.75, 3.05) is 23.8 Å². The van der Waals surface area contributed by atoms with Crippen molar-refractivity contribution in [2.24, 2.45) is 7.05 Å². The molecule has 0 saturated heterocycles. The van der Waals surface area contributed by atoms with Crippen molar-refractivity contribution in [1.29, 1.82) is 0 Å². The highest BCUT2D eigenvalue weighted by molar-refractivity contribution is 6.16. The summed E-state index contributed by atoms with van der Waals surface area (Å²) in [5, 5.41) is 4.31. The second-order valence-electron chi connectivity index (χ2n) is 8.52. The van der Waals surface area contributed by atoms with Crippen LogP contribution in [0.15, 0.2) is 49.1 Å². The van der Waals surface area contributed by atoms with E-state index in [9.17, 15) is 4.79 Å². The molecule has 1 amide bonds. The molecule has 4 aromatic rings. The predicted molar refractivity (Wildman–Crippen MR) is 123 cm³/mol. The van der Waals surface area contributed by atoms with Gasteiger partial charge in [-0.05, 0) is 37.2 Å². The lowest BCUT2D eigenvalue weighted by Crippen LogP contribution is -2.27. The van der Waals surface area contributed by atoms with Gasteiger partial charge in [0.15, 0.2) is 0 Å². The number of likely N-dealkylation sites (N-methyl/N-ethyl adjacent to an activating group) is 1. The van der Waals surface area contributed by atoms with Crippen LogP contribution in [0.1, 0.15) is 27.2 Å². The molecule has 4 aromatic heterocycles. The Morgan fingerprint density at radius 1 is 1.03 bits per heavy atom. The first-order chi connectivity index (χ1) is 15.6. The van der Waals surface area contributed by atoms with Crippen LogP contribution in [0, 0.1) is 0 Å². The van der Waals surface area contributed by atoms with Gasteiger partial charge in [-0.25, -0.2) is 9.97 Å². The van der Waals surface area contributed by atoms with Gasteiger partial charge in [-0.1, -0.05) is 6.07 Å². The lowest BCUT2D eigenvalue weighted by molar-refractivity contribution is 0.0997. The smallest absolute Gasteiger partial charge is 0.261 e. The van der Waals surface area contributed by atoms with Crippen LogP contribution < -0.4 is 10.2 Å². The number of carbonyl (C=O) groups excluding carboxylic acids is 1. The fraction of sp³-hybridized carbons (Fsp3) is 0.250. The zero-order valence-corrected chi connectivity index (χ0v) is 18.0. The van der Waals surface area contributed by atoms with Gasteiger partial charge in [-0.3, -0.25) is 9.78 Å². The molecule has 0 aromatic carbocycles. The Labute approximate surface area is 185 Å². The fourth-order valence-electron chi connectivity index (χ4n) is 4.68. The minimum atomic E-state index is -0.0426. The molecule has 6 rings (SSSR count). The maximum Gasteiger partial charge on any atom is 0.261 e. The molecule has 6 heterocycles. The first-order valence-corrected chi connectivity index (χ1v) is 10.7. The van der Waals surface area contributed by atoms with Crippen molar-refractivity contribution in [3.05, 3.63) is 71.4 Å². The summed E-state index contributed by atoms with van der Waals surface area (Å²) >= 11 is 0. The predicted octanol–water partition coefficient (Wildman–Crippen LogP) is 3.26. The Bertz CT molecular complexity index is 1380. The monoisotopic (exact) mass is 425 g/mol. The van der Waals surface area contributed by atoms with Crippen LogP contribution >= 0.6 is 0 Å². The lowest BCUT2D eigenvalue weighted by Gasteiger charge is -2.24. The van der Waals surface area contributed by atoms with Crippen LogP contribution in [0.2, 0.25) is 0 Å². The van der Waals surface area contributed by atoms with Gasteiger partial charge in [0.1, 0.15) is 11.5 Å². The molecule has 0 fully saturated rings. The second kappa shape index (κ2) is 7.13. The molecule has 0 atom stereocenters. The number of hydrogen-bond acceptors (Lipinski definition) is 6.